The molecule has 1 saturated heterocycles. The second-order valence-electron chi connectivity index (χ2n) is 6.39. The number of nitrogens with one attached hydrogen (secondary N) is 1. The van der Waals surface area contributed by atoms with E-state index in [1.165, 1.54) is 11.5 Å². The maximum Gasteiger partial charge on any atom is 0.126 e. The summed E-state index contributed by atoms with van der Waals surface area (Å²) >= 11 is 1.39. The van der Waals surface area contributed by atoms with Crippen LogP contribution in [0, 0.1) is 0 Å². The Balaban J connectivity index is 1.79. The van der Waals surface area contributed by atoms with Crippen LogP contribution in [0.25, 0.3) is 0 Å². The molecule has 1 aliphatic rings. The molecule has 114 valence electrons. The molecule has 6 nitrogen and oxygen atoms in total. The van der Waals surface area contributed by atoms with Crippen molar-refractivity contribution in [2.75, 3.05) is 19.8 Å². The maximum absolute atomic E-state index is 5.65. The molecule has 0 saturated carbocycles. The van der Waals surface area contributed by atoms with Crippen LogP contribution in [0.1, 0.15) is 44.0 Å². The normalized spacial score (nSPS) is 20.8. The molecular weight excluding hydrogens is 286 g/mol. The van der Waals surface area contributed by atoms with Gasteiger partial charge in [-0.15, -0.1) is 5.10 Å². The van der Waals surface area contributed by atoms with Gasteiger partial charge in [-0.05, 0) is 11.5 Å². The standard InChI is InChI=1S/C14H21N5OS/c1-14(2,3)12-6-15-13(16-12)11-8-20-5-4-19(11)7-10-9-21-18-17-10/h6,9,11H,4-5,7-8H2,1-3H3,(H,15,16)/t11-/m0/s1. The van der Waals surface area contributed by atoms with Gasteiger partial charge >= 0.3 is 0 Å². The number of aromatic nitrogens is 4. The average Bonchev–Trinajstić information content (AvgIpc) is 3.09. The molecule has 2 aromatic heterocycles. The van der Waals surface area contributed by atoms with Gasteiger partial charge in [0.05, 0.1) is 24.9 Å². The lowest BCUT2D eigenvalue weighted by Crippen LogP contribution is -2.39. The van der Waals surface area contributed by atoms with Gasteiger partial charge in [0.2, 0.25) is 0 Å². The minimum absolute atomic E-state index is 0.0738. The van der Waals surface area contributed by atoms with Gasteiger partial charge in [-0.2, -0.15) is 0 Å². The summed E-state index contributed by atoms with van der Waals surface area (Å²) in [5.41, 5.74) is 2.23. The first-order chi connectivity index (χ1) is 10.0. The fourth-order valence-corrected chi connectivity index (χ4v) is 2.87. The number of nitrogens with zero attached hydrogens (tertiary/aromatic N) is 4. The summed E-state index contributed by atoms with van der Waals surface area (Å²) in [6.07, 6.45) is 1.94. The lowest BCUT2D eigenvalue weighted by molar-refractivity contribution is -0.0162. The Kier molecular flexibility index (Phi) is 4.05. The first kappa shape index (κ1) is 14.6. The fourth-order valence-electron chi connectivity index (χ4n) is 2.43. The van der Waals surface area contributed by atoms with Crippen LogP contribution in [0.2, 0.25) is 0 Å². The molecule has 1 aliphatic heterocycles. The zero-order chi connectivity index (χ0) is 14.9. The molecular formula is C14H21N5OS. The summed E-state index contributed by atoms with van der Waals surface area (Å²) in [6.45, 7) is 9.63. The molecule has 0 amide bonds. The third-order valence-corrected chi connectivity index (χ3v) is 4.28. The molecule has 2 aromatic rings. The van der Waals surface area contributed by atoms with Crippen molar-refractivity contribution in [3.63, 3.8) is 0 Å². The Morgan fingerprint density at radius 3 is 3.00 bits per heavy atom. The number of morpholine rings is 1. The number of imidazole rings is 1. The van der Waals surface area contributed by atoms with Crippen LogP contribution in [0.5, 0.6) is 0 Å². The quantitative estimate of drug-likeness (QED) is 0.941. The number of H-pyrrole nitrogens is 1. The summed E-state index contributed by atoms with van der Waals surface area (Å²) in [6, 6.07) is 0.150. The molecule has 0 unspecified atom stereocenters. The van der Waals surface area contributed by atoms with Crippen LogP contribution in [-0.4, -0.2) is 44.2 Å². The molecule has 0 radical (unpaired) electrons. The van der Waals surface area contributed by atoms with Gasteiger partial charge in [0.15, 0.2) is 0 Å². The van der Waals surface area contributed by atoms with E-state index in [0.717, 1.165) is 36.9 Å². The van der Waals surface area contributed by atoms with E-state index in [9.17, 15) is 0 Å². The van der Waals surface area contributed by atoms with Crippen molar-refractivity contribution in [2.45, 2.75) is 38.8 Å². The van der Waals surface area contributed by atoms with Crippen LogP contribution < -0.4 is 0 Å². The average molecular weight is 307 g/mol. The highest BCUT2D eigenvalue weighted by molar-refractivity contribution is 7.03. The molecule has 1 N–H and O–H groups in total. The van der Waals surface area contributed by atoms with E-state index in [0.29, 0.717) is 6.61 Å². The van der Waals surface area contributed by atoms with Crippen molar-refractivity contribution < 1.29 is 4.74 Å². The molecule has 1 atom stereocenters. The van der Waals surface area contributed by atoms with Crippen LogP contribution in [0.4, 0.5) is 0 Å². The molecule has 7 heteroatoms. The van der Waals surface area contributed by atoms with Crippen molar-refractivity contribution in [3.05, 3.63) is 28.8 Å². The minimum atomic E-state index is 0.0738. The van der Waals surface area contributed by atoms with Crippen molar-refractivity contribution >= 4 is 11.5 Å². The second kappa shape index (κ2) is 5.82. The molecule has 3 heterocycles. The van der Waals surface area contributed by atoms with E-state index in [2.05, 4.69) is 45.2 Å². The highest BCUT2D eigenvalue weighted by atomic mass is 32.1. The third kappa shape index (κ3) is 3.30. The Hall–Kier alpha value is -1.31. The largest absolute Gasteiger partial charge is 0.378 e. The molecule has 0 aliphatic carbocycles. The Morgan fingerprint density at radius 1 is 1.48 bits per heavy atom. The summed E-state index contributed by atoms with van der Waals surface area (Å²) < 4.78 is 9.58. The summed E-state index contributed by atoms with van der Waals surface area (Å²) in [5.74, 6) is 0.975. The minimum Gasteiger partial charge on any atom is -0.378 e. The SMILES string of the molecule is CC(C)(C)c1cnc([C@@H]2COCCN2Cc2csnn2)[nH]1. The molecule has 0 spiro atoms. The van der Waals surface area contributed by atoms with Gasteiger partial charge < -0.3 is 9.72 Å². The number of ether oxygens (including phenoxy) is 1. The van der Waals surface area contributed by atoms with E-state index in [-0.39, 0.29) is 11.5 Å². The smallest absolute Gasteiger partial charge is 0.126 e. The van der Waals surface area contributed by atoms with Gasteiger partial charge in [0.25, 0.3) is 0 Å². The van der Waals surface area contributed by atoms with Gasteiger partial charge in [0.1, 0.15) is 5.82 Å². The second-order valence-corrected chi connectivity index (χ2v) is 7.00. The van der Waals surface area contributed by atoms with Crippen molar-refractivity contribution in [3.8, 4) is 0 Å². The number of hydrogen-bond acceptors (Lipinski definition) is 6. The van der Waals surface area contributed by atoms with E-state index in [4.69, 9.17) is 4.74 Å². The van der Waals surface area contributed by atoms with Crippen molar-refractivity contribution in [1.82, 2.24) is 24.5 Å². The lowest BCUT2D eigenvalue weighted by atomic mass is 9.93. The Labute approximate surface area is 128 Å². The highest BCUT2D eigenvalue weighted by Crippen LogP contribution is 2.27. The van der Waals surface area contributed by atoms with E-state index >= 15 is 0 Å². The summed E-state index contributed by atoms with van der Waals surface area (Å²) in [4.78, 5) is 10.4. The van der Waals surface area contributed by atoms with Gasteiger partial charge in [-0.1, -0.05) is 25.3 Å². The van der Waals surface area contributed by atoms with Crippen LogP contribution in [0.3, 0.4) is 0 Å². The molecule has 3 rings (SSSR count). The topological polar surface area (TPSA) is 66.9 Å². The van der Waals surface area contributed by atoms with E-state index in [1.807, 2.05) is 11.6 Å². The highest BCUT2D eigenvalue weighted by Gasteiger charge is 2.28. The van der Waals surface area contributed by atoms with Gasteiger partial charge in [0, 0.05) is 35.8 Å². The predicted octanol–water partition coefficient (Wildman–Crippen LogP) is 2.13. The van der Waals surface area contributed by atoms with Crippen molar-refractivity contribution in [2.24, 2.45) is 0 Å². The summed E-state index contributed by atoms with van der Waals surface area (Å²) in [5, 5.41) is 6.13. The van der Waals surface area contributed by atoms with Crippen LogP contribution >= 0.6 is 11.5 Å². The first-order valence-electron chi connectivity index (χ1n) is 7.17. The van der Waals surface area contributed by atoms with Crippen molar-refractivity contribution in [1.29, 1.82) is 0 Å². The number of aromatic amines is 1. The molecule has 1 fully saturated rings. The Bertz CT molecular complexity index is 574. The monoisotopic (exact) mass is 307 g/mol. The molecule has 21 heavy (non-hydrogen) atoms. The first-order valence-corrected chi connectivity index (χ1v) is 8.01. The van der Waals surface area contributed by atoms with Gasteiger partial charge in [-0.25, -0.2) is 4.98 Å². The third-order valence-electron chi connectivity index (χ3n) is 3.73. The van der Waals surface area contributed by atoms with Gasteiger partial charge in [-0.3, -0.25) is 4.90 Å². The lowest BCUT2D eigenvalue weighted by Gasteiger charge is -2.33. The zero-order valence-electron chi connectivity index (χ0n) is 12.7. The predicted molar refractivity (Wildman–Crippen MR) is 81.2 cm³/mol. The Morgan fingerprint density at radius 2 is 2.33 bits per heavy atom. The molecule has 0 bridgehead atoms. The summed E-state index contributed by atoms with van der Waals surface area (Å²) in [7, 11) is 0. The number of rotatable bonds is 3. The zero-order valence-corrected chi connectivity index (χ0v) is 13.5. The maximum atomic E-state index is 5.65. The molecule has 0 aromatic carbocycles. The fraction of sp³-hybridized carbons (Fsp3) is 0.643. The number of hydrogen-bond donors (Lipinski definition) is 1. The van der Waals surface area contributed by atoms with E-state index in [1.54, 1.807) is 0 Å². The van der Waals surface area contributed by atoms with Crippen LogP contribution in [-0.2, 0) is 16.7 Å². The van der Waals surface area contributed by atoms with E-state index < -0.39 is 0 Å². The van der Waals surface area contributed by atoms with Crippen LogP contribution in [0.15, 0.2) is 11.6 Å².